The summed E-state index contributed by atoms with van der Waals surface area (Å²) in [6.45, 7) is 1.77. The summed E-state index contributed by atoms with van der Waals surface area (Å²) in [6.07, 6.45) is 1.88. The average molecular weight is 277 g/mol. The molecule has 0 saturated heterocycles. The summed E-state index contributed by atoms with van der Waals surface area (Å²) in [5, 5.41) is 1.57. The summed E-state index contributed by atoms with van der Waals surface area (Å²) in [5.74, 6) is 1.78. The molecule has 2 aromatic rings. The molecular weight excluding hydrogens is 263 g/mol. The predicted molar refractivity (Wildman–Crippen MR) is 80.1 cm³/mol. The molecule has 0 aliphatic heterocycles. The van der Waals surface area contributed by atoms with E-state index in [1.54, 1.807) is 12.5 Å². The van der Waals surface area contributed by atoms with Crippen LogP contribution in [0.15, 0.2) is 60.4 Å². The quantitative estimate of drug-likeness (QED) is 0.747. The normalized spacial score (nSPS) is 14.6. The summed E-state index contributed by atoms with van der Waals surface area (Å²) in [4.78, 5) is 0. The van der Waals surface area contributed by atoms with Gasteiger partial charge in [0.25, 0.3) is 0 Å². The first-order valence-corrected chi connectivity index (χ1v) is 8.26. The zero-order valence-corrected chi connectivity index (χ0v) is 11.7. The van der Waals surface area contributed by atoms with Crippen LogP contribution in [0.5, 0.6) is 0 Å². The van der Waals surface area contributed by atoms with Gasteiger partial charge in [-0.1, -0.05) is 60.1 Å². The van der Waals surface area contributed by atoms with Crippen molar-refractivity contribution in [3.63, 3.8) is 0 Å². The van der Waals surface area contributed by atoms with E-state index in [9.17, 15) is 4.57 Å². The summed E-state index contributed by atoms with van der Waals surface area (Å²) in [5.41, 5.74) is 0.998. The van der Waals surface area contributed by atoms with E-state index in [2.05, 4.69) is 0 Å². The first-order valence-electron chi connectivity index (χ1n) is 5.65. The predicted octanol–water partition coefficient (Wildman–Crippen LogP) is 4.63. The summed E-state index contributed by atoms with van der Waals surface area (Å²) >= 11 is 5.82. The minimum absolute atomic E-state index is 0.704. The maximum atomic E-state index is 12.5. The number of benzene rings is 2. The van der Waals surface area contributed by atoms with E-state index in [1.165, 1.54) is 0 Å². The number of hydrogen-bond acceptors (Lipinski definition) is 1. The van der Waals surface area contributed by atoms with Gasteiger partial charge in [0.15, 0.2) is 0 Å². The van der Waals surface area contributed by atoms with Crippen LogP contribution >= 0.6 is 18.7 Å². The van der Waals surface area contributed by atoms with Crippen molar-refractivity contribution >= 4 is 30.1 Å². The van der Waals surface area contributed by atoms with E-state index in [1.807, 2.05) is 60.7 Å². The summed E-state index contributed by atoms with van der Waals surface area (Å²) in [6, 6.07) is 17.0. The van der Waals surface area contributed by atoms with Gasteiger partial charge in [0, 0.05) is 10.3 Å². The second-order valence-electron chi connectivity index (χ2n) is 4.19. The molecule has 0 radical (unpaired) electrons. The van der Waals surface area contributed by atoms with Gasteiger partial charge in [-0.25, -0.2) is 0 Å². The van der Waals surface area contributed by atoms with Crippen molar-refractivity contribution in [1.29, 1.82) is 0 Å². The van der Waals surface area contributed by atoms with E-state index in [4.69, 9.17) is 11.6 Å². The molecule has 0 N–H and O–H groups in total. The lowest BCUT2D eigenvalue weighted by Gasteiger charge is -2.07. The Kier molecular flexibility index (Phi) is 4.06. The Morgan fingerprint density at radius 2 is 1.61 bits per heavy atom. The molecule has 0 bridgehead atoms. The van der Waals surface area contributed by atoms with Gasteiger partial charge in [-0.3, -0.25) is 0 Å². The van der Waals surface area contributed by atoms with Gasteiger partial charge in [0.1, 0.15) is 7.14 Å². The molecule has 2 aromatic carbocycles. The molecule has 2 rings (SSSR count). The molecule has 0 spiro atoms. The second-order valence-corrected chi connectivity index (χ2v) is 7.42. The third kappa shape index (κ3) is 3.35. The van der Waals surface area contributed by atoms with Gasteiger partial charge in [0.2, 0.25) is 0 Å². The van der Waals surface area contributed by atoms with Crippen LogP contribution in [0.1, 0.15) is 5.56 Å². The summed E-state index contributed by atoms with van der Waals surface area (Å²) in [7, 11) is -2.44. The fourth-order valence-corrected chi connectivity index (χ4v) is 3.13. The van der Waals surface area contributed by atoms with Crippen LogP contribution in [0, 0.1) is 0 Å². The van der Waals surface area contributed by atoms with Gasteiger partial charge >= 0.3 is 0 Å². The van der Waals surface area contributed by atoms with E-state index >= 15 is 0 Å². The molecule has 1 nitrogen and oxygen atoms in total. The Labute approximate surface area is 112 Å². The SMILES string of the molecule is C[P@](=O)(/C=C/c1ccc(Cl)cc1)c1ccccc1. The van der Waals surface area contributed by atoms with Crippen LogP contribution in [0.4, 0.5) is 0 Å². The van der Waals surface area contributed by atoms with Crippen molar-refractivity contribution in [2.45, 2.75) is 0 Å². The fourth-order valence-electron chi connectivity index (χ4n) is 1.61. The van der Waals surface area contributed by atoms with Crippen molar-refractivity contribution in [2.75, 3.05) is 6.66 Å². The number of halogens is 1. The largest absolute Gasteiger partial charge is 0.315 e. The molecule has 0 fully saturated rings. The van der Waals surface area contributed by atoms with Crippen LogP contribution in [-0.4, -0.2) is 6.66 Å². The van der Waals surface area contributed by atoms with Crippen LogP contribution in [-0.2, 0) is 4.57 Å². The molecule has 0 saturated carbocycles. The van der Waals surface area contributed by atoms with Crippen molar-refractivity contribution in [3.05, 3.63) is 71.0 Å². The van der Waals surface area contributed by atoms with Crippen LogP contribution < -0.4 is 5.30 Å². The minimum atomic E-state index is -2.44. The van der Waals surface area contributed by atoms with Gasteiger partial charge in [0.05, 0.1) is 0 Å². The first-order chi connectivity index (χ1) is 8.58. The Balaban J connectivity index is 2.23. The zero-order chi connectivity index (χ0) is 13.0. The molecule has 18 heavy (non-hydrogen) atoms. The van der Waals surface area contributed by atoms with Gasteiger partial charge in [-0.15, -0.1) is 0 Å². The lowest BCUT2D eigenvalue weighted by molar-refractivity contribution is 0.590. The Hall–Kier alpha value is -1.30. The molecule has 1 atom stereocenters. The average Bonchev–Trinajstić information content (AvgIpc) is 2.39. The molecule has 0 aromatic heterocycles. The lowest BCUT2D eigenvalue weighted by Crippen LogP contribution is -1.99. The second kappa shape index (κ2) is 5.56. The molecule has 0 aliphatic rings. The molecule has 92 valence electrons. The number of hydrogen-bond donors (Lipinski definition) is 0. The molecule has 0 heterocycles. The maximum absolute atomic E-state index is 12.5. The molecule has 0 amide bonds. The van der Waals surface area contributed by atoms with E-state index in [-0.39, 0.29) is 0 Å². The van der Waals surface area contributed by atoms with Crippen LogP contribution in [0.3, 0.4) is 0 Å². The smallest absolute Gasteiger partial charge is 0.133 e. The van der Waals surface area contributed by atoms with E-state index in [0.29, 0.717) is 5.02 Å². The Morgan fingerprint density at radius 3 is 2.22 bits per heavy atom. The zero-order valence-electron chi connectivity index (χ0n) is 10.1. The highest BCUT2D eigenvalue weighted by Gasteiger charge is 2.12. The Morgan fingerprint density at radius 1 is 1.00 bits per heavy atom. The minimum Gasteiger partial charge on any atom is -0.315 e. The third-order valence-corrected chi connectivity index (χ3v) is 4.98. The van der Waals surface area contributed by atoms with E-state index < -0.39 is 7.14 Å². The van der Waals surface area contributed by atoms with Crippen LogP contribution in [0.2, 0.25) is 5.02 Å². The highest BCUT2D eigenvalue weighted by atomic mass is 35.5. The third-order valence-electron chi connectivity index (χ3n) is 2.69. The summed E-state index contributed by atoms with van der Waals surface area (Å²) < 4.78 is 12.5. The monoisotopic (exact) mass is 276 g/mol. The van der Waals surface area contributed by atoms with Gasteiger partial charge < -0.3 is 4.57 Å². The van der Waals surface area contributed by atoms with Crippen molar-refractivity contribution < 1.29 is 4.57 Å². The maximum Gasteiger partial charge on any atom is 0.133 e. The van der Waals surface area contributed by atoms with Crippen molar-refractivity contribution in [2.24, 2.45) is 0 Å². The van der Waals surface area contributed by atoms with Crippen molar-refractivity contribution in [1.82, 2.24) is 0 Å². The van der Waals surface area contributed by atoms with E-state index in [0.717, 1.165) is 10.9 Å². The Bertz CT molecular complexity index is 588. The van der Waals surface area contributed by atoms with Crippen molar-refractivity contribution in [3.8, 4) is 0 Å². The number of rotatable bonds is 3. The van der Waals surface area contributed by atoms with Crippen LogP contribution in [0.25, 0.3) is 6.08 Å². The highest BCUT2D eigenvalue weighted by molar-refractivity contribution is 7.73. The molecule has 3 heteroatoms. The fraction of sp³-hybridized carbons (Fsp3) is 0.0667. The van der Waals surface area contributed by atoms with Gasteiger partial charge in [-0.2, -0.15) is 0 Å². The first kappa shape index (κ1) is 13.1. The molecule has 0 unspecified atom stereocenters. The van der Waals surface area contributed by atoms with Gasteiger partial charge in [-0.05, 0) is 30.2 Å². The highest BCUT2D eigenvalue weighted by Crippen LogP contribution is 2.42. The lowest BCUT2D eigenvalue weighted by atomic mass is 10.2. The molecular formula is C15H14ClOP. The standard InChI is InChI=1S/C15H14ClOP/c1-18(17,15-5-3-2-4-6-15)12-11-13-7-9-14(16)10-8-13/h2-12H,1H3/b12-11+/t18-/m0/s1. The molecule has 0 aliphatic carbocycles. The topological polar surface area (TPSA) is 17.1 Å².